The molecule has 3 N–H and O–H groups in total. The van der Waals surface area contributed by atoms with E-state index in [-0.39, 0.29) is 30.7 Å². The molecule has 0 bridgehead atoms. The molecule has 120 valence electrons. The quantitative estimate of drug-likeness (QED) is 0.812. The molecule has 6 heteroatoms. The zero-order valence-corrected chi connectivity index (χ0v) is 13.8. The van der Waals surface area contributed by atoms with Gasteiger partial charge in [-0.15, -0.1) is 24.8 Å². The van der Waals surface area contributed by atoms with Gasteiger partial charge in [-0.1, -0.05) is 18.6 Å². The SMILES string of the molecule is Cl.Cl.Nc1ccc(CC(=O)NCCN2CCCCC2)cc1. The Labute approximate surface area is 139 Å². The third-order valence-electron chi connectivity index (χ3n) is 3.54. The van der Waals surface area contributed by atoms with Crippen molar-refractivity contribution in [2.75, 3.05) is 31.9 Å². The fraction of sp³-hybridized carbons (Fsp3) is 0.533. The Morgan fingerprint density at radius 3 is 2.33 bits per heavy atom. The molecular formula is C15H25Cl2N3O. The van der Waals surface area contributed by atoms with Gasteiger partial charge in [-0.3, -0.25) is 4.79 Å². The van der Waals surface area contributed by atoms with Gasteiger partial charge in [0.25, 0.3) is 0 Å². The minimum Gasteiger partial charge on any atom is -0.399 e. The Morgan fingerprint density at radius 2 is 1.71 bits per heavy atom. The van der Waals surface area contributed by atoms with Crippen LogP contribution >= 0.6 is 24.8 Å². The van der Waals surface area contributed by atoms with Gasteiger partial charge in [0, 0.05) is 18.8 Å². The van der Waals surface area contributed by atoms with Gasteiger partial charge in [-0.25, -0.2) is 0 Å². The van der Waals surface area contributed by atoms with Gasteiger partial charge >= 0.3 is 0 Å². The third-order valence-corrected chi connectivity index (χ3v) is 3.54. The van der Waals surface area contributed by atoms with Crippen molar-refractivity contribution in [1.29, 1.82) is 0 Å². The second kappa shape index (κ2) is 10.7. The lowest BCUT2D eigenvalue weighted by atomic mass is 10.1. The average Bonchev–Trinajstić information content (AvgIpc) is 2.43. The summed E-state index contributed by atoms with van der Waals surface area (Å²) in [6, 6.07) is 7.46. The first-order chi connectivity index (χ1) is 9.24. The number of benzene rings is 1. The standard InChI is InChI=1S/C15H23N3O.2ClH/c16-14-6-4-13(5-7-14)12-15(19)17-8-11-18-9-2-1-3-10-18;;/h4-7H,1-3,8-12,16H2,(H,17,19);2*1H. The maximum atomic E-state index is 11.8. The molecule has 0 aromatic heterocycles. The Balaban J connectivity index is 0.00000200. The number of hydrogen-bond acceptors (Lipinski definition) is 3. The summed E-state index contributed by atoms with van der Waals surface area (Å²) in [6.07, 6.45) is 4.36. The summed E-state index contributed by atoms with van der Waals surface area (Å²) in [5.74, 6) is 0.0850. The number of anilines is 1. The van der Waals surface area contributed by atoms with Crippen molar-refractivity contribution in [2.45, 2.75) is 25.7 Å². The average molecular weight is 334 g/mol. The number of amides is 1. The lowest BCUT2D eigenvalue weighted by Gasteiger charge is -2.26. The van der Waals surface area contributed by atoms with Crippen LogP contribution in [0, 0.1) is 0 Å². The molecule has 2 rings (SSSR count). The Kier molecular flexibility index (Phi) is 10.2. The number of halogens is 2. The largest absolute Gasteiger partial charge is 0.399 e. The monoisotopic (exact) mass is 333 g/mol. The number of nitrogens with zero attached hydrogens (tertiary/aromatic N) is 1. The van der Waals surface area contributed by atoms with E-state index >= 15 is 0 Å². The van der Waals surface area contributed by atoms with E-state index in [1.165, 1.54) is 32.4 Å². The fourth-order valence-electron chi connectivity index (χ4n) is 2.42. The number of nitrogens with two attached hydrogens (primary N) is 1. The van der Waals surface area contributed by atoms with Gasteiger partial charge < -0.3 is 16.0 Å². The van der Waals surface area contributed by atoms with Crippen LogP contribution in [-0.2, 0) is 11.2 Å². The highest BCUT2D eigenvalue weighted by Gasteiger charge is 2.10. The number of rotatable bonds is 5. The maximum Gasteiger partial charge on any atom is 0.224 e. The number of piperidine rings is 1. The van der Waals surface area contributed by atoms with Crippen molar-refractivity contribution < 1.29 is 4.79 Å². The predicted octanol–water partition coefficient (Wildman–Crippen LogP) is 2.26. The summed E-state index contributed by atoms with van der Waals surface area (Å²) in [6.45, 7) is 4.06. The molecule has 0 unspecified atom stereocenters. The molecule has 21 heavy (non-hydrogen) atoms. The van der Waals surface area contributed by atoms with Crippen LogP contribution < -0.4 is 11.1 Å². The number of carbonyl (C=O) groups is 1. The molecule has 1 aromatic rings. The second-order valence-corrected chi connectivity index (χ2v) is 5.17. The van der Waals surface area contributed by atoms with E-state index in [1.54, 1.807) is 0 Å². The van der Waals surface area contributed by atoms with E-state index in [4.69, 9.17) is 5.73 Å². The summed E-state index contributed by atoms with van der Waals surface area (Å²) in [4.78, 5) is 14.2. The van der Waals surface area contributed by atoms with Gasteiger partial charge in [0.1, 0.15) is 0 Å². The lowest BCUT2D eigenvalue weighted by molar-refractivity contribution is -0.120. The van der Waals surface area contributed by atoms with E-state index in [9.17, 15) is 4.79 Å². The molecule has 0 saturated carbocycles. The van der Waals surface area contributed by atoms with Gasteiger partial charge in [-0.05, 0) is 43.6 Å². The number of nitrogens with one attached hydrogen (secondary N) is 1. The van der Waals surface area contributed by atoms with Gasteiger partial charge in [-0.2, -0.15) is 0 Å². The van der Waals surface area contributed by atoms with Crippen LogP contribution in [0.3, 0.4) is 0 Å². The van der Waals surface area contributed by atoms with Crippen LogP contribution in [0.1, 0.15) is 24.8 Å². The lowest BCUT2D eigenvalue weighted by Crippen LogP contribution is -2.38. The Hall–Kier alpha value is -0.970. The van der Waals surface area contributed by atoms with Crippen LogP contribution in [0.2, 0.25) is 0 Å². The first-order valence-electron chi connectivity index (χ1n) is 7.07. The molecular weight excluding hydrogens is 309 g/mol. The van der Waals surface area contributed by atoms with Crippen LogP contribution in [-0.4, -0.2) is 37.0 Å². The fourth-order valence-corrected chi connectivity index (χ4v) is 2.42. The van der Waals surface area contributed by atoms with Crippen LogP contribution in [0.15, 0.2) is 24.3 Å². The number of carbonyl (C=O) groups excluding carboxylic acids is 1. The zero-order valence-electron chi connectivity index (χ0n) is 12.2. The molecule has 1 aromatic carbocycles. The van der Waals surface area contributed by atoms with Crippen LogP contribution in [0.5, 0.6) is 0 Å². The summed E-state index contributed by atoms with van der Waals surface area (Å²) in [5, 5.41) is 2.98. The summed E-state index contributed by atoms with van der Waals surface area (Å²) in [5.41, 5.74) is 7.35. The highest BCUT2D eigenvalue weighted by atomic mass is 35.5. The van der Waals surface area contributed by atoms with Gasteiger partial charge in [0.2, 0.25) is 5.91 Å². The minimum absolute atomic E-state index is 0. The number of hydrogen-bond donors (Lipinski definition) is 2. The van der Waals surface area contributed by atoms with E-state index < -0.39 is 0 Å². The Morgan fingerprint density at radius 1 is 1.10 bits per heavy atom. The first-order valence-corrected chi connectivity index (χ1v) is 7.07. The second-order valence-electron chi connectivity index (χ2n) is 5.17. The molecule has 1 aliphatic rings. The topological polar surface area (TPSA) is 58.4 Å². The van der Waals surface area contributed by atoms with E-state index in [2.05, 4.69) is 10.2 Å². The molecule has 1 heterocycles. The molecule has 1 saturated heterocycles. The van der Waals surface area contributed by atoms with Crippen molar-refractivity contribution in [2.24, 2.45) is 0 Å². The molecule has 1 aliphatic heterocycles. The maximum absolute atomic E-state index is 11.8. The molecule has 0 radical (unpaired) electrons. The highest BCUT2D eigenvalue weighted by molar-refractivity contribution is 5.85. The summed E-state index contributed by atoms with van der Waals surface area (Å²) in [7, 11) is 0. The molecule has 1 amide bonds. The molecule has 0 spiro atoms. The number of likely N-dealkylation sites (tertiary alicyclic amines) is 1. The van der Waals surface area contributed by atoms with E-state index in [0.29, 0.717) is 6.42 Å². The zero-order chi connectivity index (χ0) is 13.5. The highest BCUT2D eigenvalue weighted by Crippen LogP contribution is 2.08. The predicted molar refractivity (Wildman–Crippen MR) is 92.4 cm³/mol. The van der Waals surface area contributed by atoms with Gasteiger partial charge in [0.15, 0.2) is 0 Å². The minimum atomic E-state index is 0. The van der Waals surface area contributed by atoms with Crippen molar-refractivity contribution in [3.63, 3.8) is 0 Å². The number of nitrogen functional groups attached to an aromatic ring is 1. The summed E-state index contributed by atoms with van der Waals surface area (Å²) < 4.78 is 0. The van der Waals surface area contributed by atoms with E-state index in [1.807, 2.05) is 24.3 Å². The summed E-state index contributed by atoms with van der Waals surface area (Å²) >= 11 is 0. The van der Waals surface area contributed by atoms with Crippen molar-refractivity contribution in [3.8, 4) is 0 Å². The van der Waals surface area contributed by atoms with Crippen molar-refractivity contribution in [3.05, 3.63) is 29.8 Å². The first kappa shape index (κ1) is 20.0. The third kappa shape index (κ3) is 7.55. The molecule has 0 atom stereocenters. The molecule has 0 aliphatic carbocycles. The van der Waals surface area contributed by atoms with Crippen molar-refractivity contribution in [1.82, 2.24) is 10.2 Å². The van der Waals surface area contributed by atoms with E-state index in [0.717, 1.165) is 24.3 Å². The van der Waals surface area contributed by atoms with Crippen LogP contribution in [0.25, 0.3) is 0 Å². The Bertz CT molecular complexity index is 406. The smallest absolute Gasteiger partial charge is 0.224 e. The molecule has 4 nitrogen and oxygen atoms in total. The normalized spacial score (nSPS) is 14.7. The molecule has 1 fully saturated rings. The van der Waals surface area contributed by atoms with Gasteiger partial charge in [0.05, 0.1) is 6.42 Å². The van der Waals surface area contributed by atoms with Crippen molar-refractivity contribution >= 4 is 36.4 Å². The van der Waals surface area contributed by atoms with Crippen LogP contribution in [0.4, 0.5) is 5.69 Å².